The normalized spacial score (nSPS) is 11.5. The summed E-state index contributed by atoms with van der Waals surface area (Å²) in [4.78, 5) is 45.1. The molecule has 2 amide bonds. The van der Waals surface area contributed by atoms with E-state index in [2.05, 4.69) is 10.3 Å². The van der Waals surface area contributed by atoms with Gasteiger partial charge in [-0.25, -0.2) is 4.98 Å². The number of halogens is 1. The Kier molecular flexibility index (Phi) is 7.74. The molecule has 2 heterocycles. The van der Waals surface area contributed by atoms with Gasteiger partial charge < -0.3 is 15.3 Å². The Morgan fingerprint density at radius 3 is 2.50 bits per heavy atom. The standard InChI is InChI=1S/C25H29ClN4O4/c1-16-5-8-18-11-20(23(33)27-12-17-6-9-19(26)10-7-17)24(34)30(22(18)28-16)13-21(32)29(4)14-25(2,3)15-31/h5-11,31H,12-15H2,1-4H3,(H,27,33). The van der Waals surface area contributed by atoms with Crippen molar-refractivity contribution in [2.75, 3.05) is 20.2 Å². The highest BCUT2D eigenvalue weighted by atomic mass is 35.5. The zero-order valence-electron chi connectivity index (χ0n) is 19.8. The molecule has 2 aromatic heterocycles. The molecule has 0 saturated carbocycles. The minimum Gasteiger partial charge on any atom is -0.396 e. The van der Waals surface area contributed by atoms with Crippen LogP contribution < -0.4 is 10.9 Å². The van der Waals surface area contributed by atoms with Crippen molar-refractivity contribution in [1.82, 2.24) is 19.8 Å². The molecule has 34 heavy (non-hydrogen) atoms. The van der Waals surface area contributed by atoms with E-state index in [-0.39, 0.29) is 31.2 Å². The third kappa shape index (κ3) is 6.01. The number of likely N-dealkylation sites (N-methyl/N-ethyl adjacent to an activating group) is 1. The van der Waals surface area contributed by atoms with Gasteiger partial charge >= 0.3 is 0 Å². The molecule has 0 aliphatic heterocycles. The van der Waals surface area contributed by atoms with Crippen molar-refractivity contribution in [3.63, 3.8) is 0 Å². The predicted molar refractivity (Wildman–Crippen MR) is 132 cm³/mol. The highest BCUT2D eigenvalue weighted by molar-refractivity contribution is 6.30. The van der Waals surface area contributed by atoms with Gasteiger partial charge in [-0.05, 0) is 42.8 Å². The molecule has 9 heteroatoms. The van der Waals surface area contributed by atoms with Gasteiger partial charge in [0.2, 0.25) is 5.91 Å². The Morgan fingerprint density at radius 2 is 1.85 bits per heavy atom. The fourth-order valence-corrected chi connectivity index (χ4v) is 3.69. The lowest BCUT2D eigenvalue weighted by Gasteiger charge is -2.28. The summed E-state index contributed by atoms with van der Waals surface area (Å²) in [6.07, 6.45) is 0. The molecule has 1 aromatic carbocycles. The van der Waals surface area contributed by atoms with Crippen LogP contribution in [0.5, 0.6) is 0 Å². The van der Waals surface area contributed by atoms with E-state index in [1.54, 1.807) is 50.4 Å². The number of rotatable bonds is 8. The first-order chi connectivity index (χ1) is 16.0. The molecule has 0 saturated heterocycles. The Hall–Kier alpha value is -3.23. The molecule has 8 nitrogen and oxygen atoms in total. The van der Waals surface area contributed by atoms with Crippen molar-refractivity contribution in [3.8, 4) is 0 Å². The molecule has 3 aromatic rings. The number of pyridine rings is 2. The quantitative estimate of drug-likeness (QED) is 0.511. The van der Waals surface area contributed by atoms with Crippen LogP contribution in [0.1, 0.15) is 35.5 Å². The smallest absolute Gasteiger partial charge is 0.265 e. The summed E-state index contributed by atoms with van der Waals surface area (Å²) in [5, 5.41) is 13.4. The molecule has 0 aliphatic rings. The largest absolute Gasteiger partial charge is 0.396 e. The second kappa shape index (κ2) is 10.4. The number of carbonyl (C=O) groups excluding carboxylic acids is 2. The number of fused-ring (bicyclic) bond motifs is 1. The molecule has 3 rings (SSSR count). The first-order valence-corrected chi connectivity index (χ1v) is 11.3. The van der Waals surface area contributed by atoms with Crippen molar-refractivity contribution in [1.29, 1.82) is 0 Å². The van der Waals surface area contributed by atoms with E-state index < -0.39 is 16.9 Å². The monoisotopic (exact) mass is 484 g/mol. The Labute approximate surface area is 203 Å². The Bertz CT molecular complexity index is 1270. The molecule has 0 atom stereocenters. The third-order valence-corrected chi connectivity index (χ3v) is 5.75. The first kappa shape index (κ1) is 25.4. The number of carbonyl (C=O) groups is 2. The topological polar surface area (TPSA) is 105 Å². The number of aromatic nitrogens is 2. The molecule has 0 aliphatic carbocycles. The van der Waals surface area contributed by atoms with Gasteiger partial charge in [0.1, 0.15) is 17.8 Å². The van der Waals surface area contributed by atoms with Gasteiger partial charge in [-0.3, -0.25) is 19.0 Å². The summed E-state index contributed by atoms with van der Waals surface area (Å²) >= 11 is 5.90. The van der Waals surface area contributed by atoms with Crippen molar-refractivity contribution in [2.45, 2.75) is 33.9 Å². The number of hydrogen-bond acceptors (Lipinski definition) is 5. The van der Waals surface area contributed by atoms with Gasteiger partial charge in [0.15, 0.2) is 0 Å². The SMILES string of the molecule is Cc1ccc2cc(C(=O)NCc3ccc(Cl)cc3)c(=O)n(CC(=O)N(C)CC(C)(C)CO)c2n1. The van der Waals surface area contributed by atoms with Gasteiger partial charge in [-0.1, -0.05) is 37.6 Å². The molecular formula is C25H29ClN4O4. The van der Waals surface area contributed by atoms with Crippen LogP contribution in [0.15, 0.2) is 47.3 Å². The van der Waals surface area contributed by atoms with Crippen LogP contribution >= 0.6 is 11.6 Å². The van der Waals surface area contributed by atoms with Crippen LogP contribution in [-0.2, 0) is 17.9 Å². The fourth-order valence-electron chi connectivity index (χ4n) is 3.57. The summed E-state index contributed by atoms with van der Waals surface area (Å²) in [5.41, 5.74) is 0.695. The van der Waals surface area contributed by atoms with Crippen LogP contribution in [0.3, 0.4) is 0 Å². The molecular weight excluding hydrogens is 456 g/mol. The average Bonchev–Trinajstić information content (AvgIpc) is 2.80. The minimum absolute atomic E-state index is 0.0711. The van der Waals surface area contributed by atoms with Crippen LogP contribution in [0.25, 0.3) is 11.0 Å². The van der Waals surface area contributed by atoms with Gasteiger partial charge in [-0.2, -0.15) is 0 Å². The number of amides is 2. The first-order valence-electron chi connectivity index (χ1n) is 10.9. The lowest BCUT2D eigenvalue weighted by atomic mass is 9.94. The van der Waals surface area contributed by atoms with Crippen LogP contribution in [0, 0.1) is 12.3 Å². The average molecular weight is 485 g/mol. The summed E-state index contributed by atoms with van der Waals surface area (Å²) in [7, 11) is 1.62. The van der Waals surface area contributed by atoms with Crippen molar-refractivity contribution >= 4 is 34.4 Å². The zero-order valence-corrected chi connectivity index (χ0v) is 20.5. The summed E-state index contributed by atoms with van der Waals surface area (Å²) in [5.74, 6) is -0.870. The maximum Gasteiger partial charge on any atom is 0.265 e. The van der Waals surface area contributed by atoms with Crippen molar-refractivity contribution in [3.05, 3.63) is 74.7 Å². The van der Waals surface area contributed by atoms with Crippen LogP contribution in [0.4, 0.5) is 0 Å². The maximum absolute atomic E-state index is 13.3. The van der Waals surface area contributed by atoms with Crippen LogP contribution in [0.2, 0.25) is 5.02 Å². The lowest BCUT2D eigenvalue weighted by molar-refractivity contribution is -0.132. The van der Waals surface area contributed by atoms with Crippen molar-refractivity contribution < 1.29 is 14.7 Å². The number of benzene rings is 1. The van der Waals surface area contributed by atoms with E-state index in [0.29, 0.717) is 28.3 Å². The summed E-state index contributed by atoms with van der Waals surface area (Å²) in [6.45, 7) is 5.64. The second-order valence-corrected chi connectivity index (χ2v) is 9.63. The second-order valence-electron chi connectivity index (χ2n) is 9.20. The summed E-state index contributed by atoms with van der Waals surface area (Å²) in [6, 6.07) is 12.1. The third-order valence-electron chi connectivity index (χ3n) is 5.50. The van der Waals surface area contributed by atoms with Gasteiger partial charge in [0.05, 0.1) is 0 Å². The number of aliphatic hydroxyl groups is 1. The fraction of sp³-hybridized carbons (Fsp3) is 0.360. The lowest BCUT2D eigenvalue weighted by Crippen LogP contribution is -2.41. The van der Waals surface area contributed by atoms with Gasteiger partial charge in [0, 0.05) is 48.3 Å². The molecule has 0 fully saturated rings. The number of aryl methyl sites for hydroxylation is 1. The zero-order chi connectivity index (χ0) is 25.0. The number of nitrogens with one attached hydrogen (secondary N) is 1. The molecule has 2 N–H and O–H groups in total. The maximum atomic E-state index is 13.3. The minimum atomic E-state index is -0.595. The highest BCUT2D eigenvalue weighted by Crippen LogP contribution is 2.17. The number of hydrogen-bond donors (Lipinski definition) is 2. The molecule has 180 valence electrons. The van der Waals surface area contributed by atoms with E-state index in [1.807, 2.05) is 13.8 Å². The van der Waals surface area contributed by atoms with E-state index in [9.17, 15) is 19.5 Å². The van der Waals surface area contributed by atoms with Gasteiger partial charge in [-0.15, -0.1) is 0 Å². The van der Waals surface area contributed by atoms with E-state index in [1.165, 1.54) is 15.5 Å². The van der Waals surface area contributed by atoms with Crippen LogP contribution in [-0.4, -0.2) is 51.6 Å². The molecule has 0 unspecified atom stereocenters. The van der Waals surface area contributed by atoms with E-state index in [0.717, 1.165) is 5.56 Å². The highest BCUT2D eigenvalue weighted by Gasteiger charge is 2.24. The Balaban J connectivity index is 1.93. The molecule has 0 spiro atoms. The van der Waals surface area contributed by atoms with Crippen molar-refractivity contribution in [2.24, 2.45) is 5.41 Å². The predicted octanol–water partition coefficient (Wildman–Crippen LogP) is 2.77. The molecule has 0 radical (unpaired) electrons. The summed E-state index contributed by atoms with van der Waals surface area (Å²) < 4.78 is 1.24. The van der Waals surface area contributed by atoms with Gasteiger partial charge in [0.25, 0.3) is 11.5 Å². The van der Waals surface area contributed by atoms with E-state index in [4.69, 9.17) is 11.6 Å². The number of nitrogens with zero attached hydrogens (tertiary/aromatic N) is 3. The molecule has 0 bridgehead atoms. The Morgan fingerprint density at radius 1 is 1.18 bits per heavy atom. The number of aliphatic hydroxyl groups excluding tert-OH is 1. The van der Waals surface area contributed by atoms with E-state index >= 15 is 0 Å².